The third kappa shape index (κ3) is 4.29. The summed E-state index contributed by atoms with van der Waals surface area (Å²) >= 11 is 3.49. The van der Waals surface area contributed by atoms with Crippen LogP contribution in [0, 0.1) is 10.1 Å². The number of carbonyl (C=O) groups is 1. The van der Waals surface area contributed by atoms with Crippen molar-refractivity contribution in [3.8, 4) is 5.75 Å². The number of carbonyl (C=O) groups excluding carboxylic acids is 1. The molecule has 3 aromatic rings. The molecule has 0 saturated carbocycles. The van der Waals surface area contributed by atoms with Crippen LogP contribution >= 0.6 is 15.9 Å². The molecule has 136 valence electrons. The lowest BCUT2D eigenvalue weighted by Crippen LogP contribution is -2.20. The molecule has 0 atom stereocenters. The molecular weight excluding hydrogens is 414 g/mol. The van der Waals surface area contributed by atoms with Crippen molar-refractivity contribution in [3.05, 3.63) is 80.3 Å². The van der Waals surface area contributed by atoms with Crippen molar-refractivity contribution in [2.75, 3.05) is 0 Å². The van der Waals surface area contributed by atoms with E-state index < -0.39 is 4.92 Å². The highest BCUT2D eigenvalue weighted by atomic mass is 79.9. The van der Waals surface area contributed by atoms with E-state index in [4.69, 9.17) is 0 Å². The number of hydrazone groups is 1. The van der Waals surface area contributed by atoms with Crippen molar-refractivity contribution in [1.29, 1.82) is 0 Å². The average Bonchev–Trinajstić information content (AvgIpc) is 2.64. The van der Waals surface area contributed by atoms with Gasteiger partial charge >= 0.3 is 0 Å². The van der Waals surface area contributed by atoms with Gasteiger partial charge < -0.3 is 5.11 Å². The molecule has 0 saturated heterocycles. The first-order valence-corrected chi connectivity index (χ1v) is 8.70. The van der Waals surface area contributed by atoms with Gasteiger partial charge in [-0.05, 0) is 34.5 Å². The molecule has 0 unspecified atom stereocenters. The molecule has 0 bridgehead atoms. The summed E-state index contributed by atoms with van der Waals surface area (Å²) in [4.78, 5) is 22.6. The van der Waals surface area contributed by atoms with Gasteiger partial charge in [0.2, 0.25) is 5.91 Å². The lowest BCUT2D eigenvalue weighted by molar-refractivity contribution is -0.385. The number of nitrogens with zero attached hydrogens (tertiary/aromatic N) is 2. The number of hydrogen-bond donors (Lipinski definition) is 2. The second kappa shape index (κ2) is 7.96. The van der Waals surface area contributed by atoms with Crippen LogP contribution in [0.3, 0.4) is 0 Å². The molecule has 3 rings (SSSR count). The zero-order chi connectivity index (χ0) is 19.4. The molecule has 7 nitrogen and oxygen atoms in total. The fourth-order valence-electron chi connectivity index (χ4n) is 2.68. The highest BCUT2D eigenvalue weighted by molar-refractivity contribution is 9.10. The third-order valence-corrected chi connectivity index (χ3v) is 4.60. The number of fused-ring (bicyclic) bond motifs is 1. The number of phenols is 1. The van der Waals surface area contributed by atoms with E-state index in [1.807, 2.05) is 36.4 Å². The molecule has 0 aliphatic carbocycles. The summed E-state index contributed by atoms with van der Waals surface area (Å²) in [5.74, 6) is -0.490. The lowest BCUT2D eigenvalue weighted by atomic mass is 10.0. The second-order valence-electron chi connectivity index (χ2n) is 5.72. The molecule has 0 heterocycles. The number of amides is 1. The normalized spacial score (nSPS) is 11.0. The summed E-state index contributed by atoms with van der Waals surface area (Å²) in [6.45, 7) is 0. The SMILES string of the molecule is O=C(Cc1ccc(Br)c2ccccc12)N/N=C/c1cc(O)ccc1[N+](=O)[O-]. The first kappa shape index (κ1) is 18.5. The van der Waals surface area contributed by atoms with Crippen LogP contribution in [0.15, 0.2) is 64.2 Å². The number of aromatic hydroxyl groups is 1. The van der Waals surface area contributed by atoms with E-state index in [0.29, 0.717) is 0 Å². The summed E-state index contributed by atoms with van der Waals surface area (Å²) in [5, 5.41) is 26.2. The minimum Gasteiger partial charge on any atom is -0.508 e. The fraction of sp³-hybridized carbons (Fsp3) is 0.0526. The van der Waals surface area contributed by atoms with E-state index in [0.717, 1.165) is 27.0 Å². The summed E-state index contributed by atoms with van der Waals surface area (Å²) in [6, 6.07) is 15.0. The van der Waals surface area contributed by atoms with Gasteiger partial charge in [0.05, 0.1) is 23.1 Å². The van der Waals surface area contributed by atoms with Crippen LogP contribution in [0.1, 0.15) is 11.1 Å². The van der Waals surface area contributed by atoms with Crippen LogP contribution in [0.25, 0.3) is 10.8 Å². The second-order valence-corrected chi connectivity index (χ2v) is 6.58. The lowest BCUT2D eigenvalue weighted by Gasteiger charge is -2.07. The molecule has 0 aromatic heterocycles. The van der Waals surface area contributed by atoms with Crippen molar-refractivity contribution in [3.63, 3.8) is 0 Å². The monoisotopic (exact) mass is 427 g/mol. The minimum atomic E-state index is -0.587. The number of rotatable bonds is 5. The molecule has 0 spiro atoms. The van der Waals surface area contributed by atoms with Crippen LogP contribution in [-0.2, 0) is 11.2 Å². The predicted octanol–water partition coefficient (Wildman–Crippen LogP) is 3.91. The first-order valence-electron chi connectivity index (χ1n) is 7.91. The number of phenolic OH excluding ortho intramolecular Hbond substituents is 1. The van der Waals surface area contributed by atoms with Gasteiger partial charge in [0.15, 0.2) is 0 Å². The molecule has 0 aliphatic heterocycles. The maximum atomic E-state index is 12.2. The van der Waals surface area contributed by atoms with Gasteiger partial charge in [-0.25, -0.2) is 5.43 Å². The van der Waals surface area contributed by atoms with E-state index in [2.05, 4.69) is 26.5 Å². The van der Waals surface area contributed by atoms with Crippen molar-refractivity contribution >= 4 is 44.5 Å². The Labute approximate surface area is 162 Å². The Hall–Kier alpha value is -3.26. The Morgan fingerprint density at radius 3 is 2.67 bits per heavy atom. The van der Waals surface area contributed by atoms with Crippen molar-refractivity contribution in [2.45, 2.75) is 6.42 Å². The van der Waals surface area contributed by atoms with Crippen LogP contribution in [0.5, 0.6) is 5.75 Å². The maximum absolute atomic E-state index is 12.2. The average molecular weight is 428 g/mol. The van der Waals surface area contributed by atoms with Gasteiger partial charge in [-0.3, -0.25) is 14.9 Å². The number of halogens is 1. The minimum absolute atomic E-state index is 0.0920. The molecule has 0 aliphatic rings. The summed E-state index contributed by atoms with van der Waals surface area (Å²) in [5.41, 5.74) is 3.07. The van der Waals surface area contributed by atoms with Crippen molar-refractivity contribution in [1.82, 2.24) is 5.43 Å². The number of nitro benzene ring substituents is 1. The van der Waals surface area contributed by atoms with Crippen molar-refractivity contribution < 1.29 is 14.8 Å². The van der Waals surface area contributed by atoms with E-state index in [-0.39, 0.29) is 29.3 Å². The van der Waals surface area contributed by atoms with Gasteiger partial charge in [-0.15, -0.1) is 0 Å². The zero-order valence-electron chi connectivity index (χ0n) is 13.9. The fourth-order valence-corrected chi connectivity index (χ4v) is 3.15. The number of hydrogen-bond acceptors (Lipinski definition) is 5. The van der Waals surface area contributed by atoms with Crippen LogP contribution < -0.4 is 5.43 Å². The molecule has 3 aromatic carbocycles. The third-order valence-electron chi connectivity index (χ3n) is 3.91. The standard InChI is InChI=1S/C19H14BrN3O4/c20-17-7-5-12(15-3-1-2-4-16(15)17)10-19(25)22-21-11-13-9-14(24)6-8-18(13)23(26)27/h1-9,11,24H,10H2,(H,22,25)/b21-11+. The Morgan fingerprint density at radius 1 is 1.19 bits per heavy atom. The van der Waals surface area contributed by atoms with Gasteiger partial charge in [-0.1, -0.05) is 46.3 Å². The maximum Gasteiger partial charge on any atom is 0.278 e. The molecule has 27 heavy (non-hydrogen) atoms. The van der Waals surface area contributed by atoms with Crippen LogP contribution in [0.2, 0.25) is 0 Å². The predicted molar refractivity (Wildman–Crippen MR) is 106 cm³/mol. The van der Waals surface area contributed by atoms with Crippen LogP contribution in [0.4, 0.5) is 5.69 Å². The Morgan fingerprint density at radius 2 is 1.93 bits per heavy atom. The van der Waals surface area contributed by atoms with Crippen molar-refractivity contribution in [2.24, 2.45) is 5.10 Å². The van der Waals surface area contributed by atoms with Gasteiger partial charge in [0.1, 0.15) is 5.75 Å². The zero-order valence-corrected chi connectivity index (χ0v) is 15.5. The Kier molecular flexibility index (Phi) is 5.46. The number of nitro groups is 1. The first-order chi connectivity index (χ1) is 13.0. The quantitative estimate of drug-likeness (QED) is 0.365. The van der Waals surface area contributed by atoms with E-state index in [9.17, 15) is 20.0 Å². The Bertz CT molecular complexity index is 1070. The molecule has 0 fully saturated rings. The van der Waals surface area contributed by atoms with Gasteiger partial charge in [-0.2, -0.15) is 5.10 Å². The van der Waals surface area contributed by atoms with E-state index >= 15 is 0 Å². The van der Waals surface area contributed by atoms with Crippen LogP contribution in [-0.4, -0.2) is 22.2 Å². The topological polar surface area (TPSA) is 105 Å². The van der Waals surface area contributed by atoms with Gasteiger partial charge in [0.25, 0.3) is 5.69 Å². The van der Waals surface area contributed by atoms with E-state index in [1.54, 1.807) is 0 Å². The molecule has 1 amide bonds. The molecular formula is C19H14BrN3O4. The Balaban J connectivity index is 1.75. The number of nitrogens with one attached hydrogen (secondary N) is 1. The molecule has 0 radical (unpaired) electrons. The van der Waals surface area contributed by atoms with E-state index in [1.165, 1.54) is 18.2 Å². The molecule has 8 heteroatoms. The largest absolute Gasteiger partial charge is 0.508 e. The highest BCUT2D eigenvalue weighted by Gasteiger charge is 2.13. The summed E-state index contributed by atoms with van der Waals surface area (Å²) in [7, 11) is 0. The highest BCUT2D eigenvalue weighted by Crippen LogP contribution is 2.27. The summed E-state index contributed by atoms with van der Waals surface area (Å²) < 4.78 is 0.941. The smallest absolute Gasteiger partial charge is 0.278 e. The number of benzene rings is 3. The summed E-state index contributed by atoms with van der Waals surface area (Å²) in [6.07, 6.45) is 1.24. The molecule has 2 N–H and O–H groups in total. The van der Waals surface area contributed by atoms with Gasteiger partial charge in [0, 0.05) is 10.5 Å².